The van der Waals surface area contributed by atoms with Gasteiger partial charge in [0, 0.05) is 16.0 Å². The van der Waals surface area contributed by atoms with Gasteiger partial charge in [0.05, 0.1) is 17.5 Å². The van der Waals surface area contributed by atoms with Crippen molar-refractivity contribution in [1.29, 1.82) is 0 Å². The topological polar surface area (TPSA) is 66.5 Å². The molecule has 0 radical (unpaired) electrons. The Bertz CT molecular complexity index is 1140. The minimum atomic E-state index is -3.88. The quantitative estimate of drug-likeness (QED) is 0.409. The van der Waals surface area contributed by atoms with E-state index in [0.717, 1.165) is 15.6 Å². The van der Waals surface area contributed by atoms with Crippen LogP contribution in [0.5, 0.6) is 0 Å². The zero-order chi connectivity index (χ0) is 23.1. The molecule has 3 aromatic rings. The second kappa shape index (κ2) is 11.1. The van der Waals surface area contributed by atoms with Gasteiger partial charge in [-0.15, -0.1) is 0 Å². The average molecular weight is 536 g/mol. The minimum absolute atomic E-state index is 0.101. The summed E-state index contributed by atoms with van der Waals surface area (Å²) in [7, 11) is -3.88. The summed E-state index contributed by atoms with van der Waals surface area (Å²) >= 11 is 9.31. The predicted molar refractivity (Wildman–Crippen MR) is 131 cm³/mol. The Labute approximate surface area is 202 Å². The van der Waals surface area contributed by atoms with E-state index in [0.29, 0.717) is 11.4 Å². The minimum Gasteiger partial charge on any atom is -0.348 e. The third kappa shape index (κ3) is 6.65. The third-order valence-electron chi connectivity index (χ3n) is 5.01. The van der Waals surface area contributed by atoms with Gasteiger partial charge in [0.15, 0.2) is 0 Å². The lowest BCUT2D eigenvalue weighted by atomic mass is 10.1. The second-order valence-electron chi connectivity index (χ2n) is 7.37. The molecule has 0 fully saturated rings. The normalized spacial score (nSPS) is 12.5. The van der Waals surface area contributed by atoms with E-state index >= 15 is 0 Å². The van der Waals surface area contributed by atoms with Gasteiger partial charge in [-0.05, 0) is 60.9 Å². The van der Waals surface area contributed by atoms with Gasteiger partial charge < -0.3 is 5.32 Å². The zero-order valence-corrected chi connectivity index (χ0v) is 20.7. The van der Waals surface area contributed by atoms with Crippen LogP contribution in [0.15, 0.2) is 88.2 Å². The Morgan fingerprint density at radius 2 is 1.62 bits per heavy atom. The first-order valence-corrected chi connectivity index (χ1v) is 12.7. The van der Waals surface area contributed by atoms with Crippen molar-refractivity contribution in [1.82, 2.24) is 9.62 Å². The molecule has 0 saturated heterocycles. The highest BCUT2D eigenvalue weighted by atomic mass is 79.9. The Morgan fingerprint density at radius 1 is 1.00 bits per heavy atom. The van der Waals surface area contributed by atoms with Gasteiger partial charge in [-0.2, -0.15) is 4.31 Å². The number of rotatable bonds is 9. The van der Waals surface area contributed by atoms with E-state index in [-0.39, 0.29) is 29.9 Å². The maximum absolute atomic E-state index is 13.3. The lowest BCUT2D eigenvalue weighted by molar-refractivity contribution is -0.121. The molecule has 0 spiro atoms. The first-order chi connectivity index (χ1) is 15.3. The molecule has 0 bridgehead atoms. The maximum atomic E-state index is 13.3. The molecule has 1 unspecified atom stereocenters. The van der Waals surface area contributed by atoms with Crippen molar-refractivity contribution >= 4 is 43.5 Å². The fraction of sp³-hybridized carbons (Fsp3) is 0.208. The lowest BCUT2D eigenvalue weighted by Gasteiger charge is -2.23. The first kappa shape index (κ1) is 24.5. The van der Waals surface area contributed by atoms with Crippen LogP contribution in [0.2, 0.25) is 5.02 Å². The maximum Gasteiger partial charge on any atom is 0.243 e. The van der Waals surface area contributed by atoms with Crippen LogP contribution in [0.1, 0.15) is 24.1 Å². The summed E-state index contributed by atoms with van der Waals surface area (Å²) in [6.45, 7) is 1.76. The average Bonchev–Trinajstić information content (AvgIpc) is 2.78. The van der Waals surface area contributed by atoms with E-state index in [1.165, 1.54) is 28.6 Å². The predicted octanol–water partition coefficient (Wildman–Crippen LogP) is 5.21. The van der Waals surface area contributed by atoms with E-state index < -0.39 is 10.0 Å². The van der Waals surface area contributed by atoms with Crippen molar-refractivity contribution < 1.29 is 13.2 Å². The number of halogens is 2. The summed E-state index contributed by atoms with van der Waals surface area (Å²) in [5, 5.41) is 3.34. The number of hydrogen-bond donors (Lipinski definition) is 1. The van der Waals surface area contributed by atoms with Crippen molar-refractivity contribution in [3.8, 4) is 0 Å². The highest BCUT2D eigenvalue weighted by molar-refractivity contribution is 9.10. The van der Waals surface area contributed by atoms with Crippen molar-refractivity contribution in [3.63, 3.8) is 0 Å². The summed E-state index contributed by atoms with van der Waals surface area (Å²) in [5.74, 6) is -0.369. The van der Waals surface area contributed by atoms with Crippen molar-refractivity contribution in [2.75, 3.05) is 13.1 Å². The van der Waals surface area contributed by atoms with E-state index in [9.17, 15) is 13.2 Å². The molecule has 1 amide bonds. The Hall–Kier alpha value is -2.19. The molecule has 0 aliphatic carbocycles. The molecule has 1 N–H and O–H groups in total. The molecule has 32 heavy (non-hydrogen) atoms. The smallest absolute Gasteiger partial charge is 0.243 e. The fourth-order valence-corrected chi connectivity index (χ4v) is 5.01. The molecular weight excluding hydrogens is 512 g/mol. The largest absolute Gasteiger partial charge is 0.348 e. The van der Waals surface area contributed by atoms with Crippen molar-refractivity contribution in [2.24, 2.45) is 0 Å². The van der Waals surface area contributed by atoms with Crippen LogP contribution in [-0.4, -0.2) is 31.7 Å². The Kier molecular flexibility index (Phi) is 8.48. The van der Waals surface area contributed by atoms with Crippen molar-refractivity contribution in [3.05, 3.63) is 99.5 Å². The van der Waals surface area contributed by atoms with Crippen LogP contribution in [0.4, 0.5) is 0 Å². The number of benzene rings is 3. The van der Waals surface area contributed by atoms with Gasteiger partial charge in [0.25, 0.3) is 0 Å². The summed E-state index contributed by atoms with van der Waals surface area (Å²) in [6.07, 6.45) is 0.489. The molecule has 0 aliphatic heterocycles. The Balaban J connectivity index is 1.77. The van der Waals surface area contributed by atoms with Gasteiger partial charge >= 0.3 is 0 Å². The number of amides is 1. The molecule has 5 nitrogen and oxygen atoms in total. The number of sulfonamides is 1. The monoisotopic (exact) mass is 534 g/mol. The zero-order valence-electron chi connectivity index (χ0n) is 17.5. The Morgan fingerprint density at radius 3 is 2.25 bits per heavy atom. The number of carbonyl (C=O) groups is 1. The van der Waals surface area contributed by atoms with Gasteiger partial charge in [0.1, 0.15) is 0 Å². The van der Waals surface area contributed by atoms with Gasteiger partial charge in [-0.3, -0.25) is 4.79 Å². The highest BCUT2D eigenvalue weighted by Crippen LogP contribution is 2.20. The standard InChI is InChI=1S/C24H24BrClN2O3S/c1-18(20-7-9-21(25)10-8-20)27-24(29)17-28(16-15-19-5-3-2-4-6-19)32(30,31)23-13-11-22(26)12-14-23/h2-14,18H,15-17H2,1H3,(H,27,29). The third-order valence-corrected chi connectivity index (χ3v) is 7.65. The summed E-state index contributed by atoms with van der Waals surface area (Å²) in [5.41, 5.74) is 1.92. The molecule has 0 aliphatic rings. The van der Waals surface area contributed by atoms with E-state index in [1.807, 2.05) is 61.5 Å². The highest BCUT2D eigenvalue weighted by Gasteiger charge is 2.27. The molecule has 3 rings (SSSR count). The van der Waals surface area contributed by atoms with E-state index in [2.05, 4.69) is 21.2 Å². The number of carbonyl (C=O) groups excluding carboxylic acids is 1. The summed E-state index contributed by atoms with van der Waals surface area (Å²) < 4.78 is 28.7. The number of hydrogen-bond acceptors (Lipinski definition) is 3. The molecule has 0 aromatic heterocycles. The number of nitrogens with zero attached hydrogens (tertiary/aromatic N) is 1. The van der Waals surface area contributed by atoms with Crippen LogP contribution in [0.25, 0.3) is 0 Å². The SMILES string of the molecule is CC(NC(=O)CN(CCc1ccccc1)S(=O)(=O)c1ccc(Cl)cc1)c1ccc(Br)cc1. The molecule has 168 valence electrons. The van der Waals surface area contributed by atoms with Crippen molar-refractivity contribution in [2.45, 2.75) is 24.3 Å². The van der Waals surface area contributed by atoms with Crippen LogP contribution >= 0.6 is 27.5 Å². The van der Waals surface area contributed by atoms with Gasteiger partial charge in [0.2, 0.25) is 15.9 Å². The van der Waals surface area contributed by atoms with E-state index in [1.54, 1.807) is 0 Å². The first-order valence-electron chi connectivity index (χ1n) is 10.1. The molecule has 3 aromatic carbocycles. The van der Waals surface area contributed by atoms with Crippen LogP contribution in [-0.2, 0) is 21.2 Å². The van der Waals surface area contributed by atoms with Crippen LogP contribution in [0.3, 0.4) is 0 Å². The van der Waals surface area contributed by atoms with E-state index in [4.69, 9.17) is 11.6 Å². The van der Waals surface area contributed by atoms with Gasteiger partial charge in [-0.25, -0.2) is 8.42 Å². The molecule has 8 heteroatoms. The molecule has 1 atom stereocenters. The van der Waals surface area contributed by atoms with Crippen LogP contribution < -0.4 is 5.32 Å². The number of nitrogens with one attached hydrogen (secondary N) is 1. The summed E-state index contributed by atoms with van der Waals surface area (Å²) in [4.78, 5) is 12.9. The lowest BCUT2D eigenvalue weighted by Crippen LogP contribution is -2.42. The molecule has 0 heterocycles. The van der Waals surface area contributed by atoms with Crippen LogP contribution in [0, 0.1) is 0 Å². The molecule has 0 saturated carbocycles. The second-order valence-corrected chi connectivity index (χ2v) is 10.7. The van der Waals surface area contributed by atoms with Gasteiger partial charge in [-0.1, -0.05) is 70.0 Å². The molecular formula is C24H24BrClN2O3S. The summed E-state index contributed by atoms with van der Waals surface area (Å²) in [6, 6.07) is 22.9. The fourth-order valence-electron chi connectivity index (χ4n) is 3.22.